The predicted molar refractivity (Wildman–Crippen MR) is 137 cm³/mol. The first kappa shape index (κ1) is 23.9. The topological polar surface area (TPSA) is 72.6 Å². The summed E-state index contributed by atoms with van der Waals surface area (Å²) in [6, 6.07) is 25.3. The first-order valence-corrected chi connectivity index (χ1v) is 13.0. The van der Waals surface area contributed by atoms with Gasteiger partial charge in [-0.2, -0.15) is 0 Å². The van der Waals surface area contributed by atoms with Crippen molar-refractivity contribution < 1.29 is 18.3 Å². The number of hydrogen-bond acceptors (Lipinski definition) is 5. The van der Waals surface area contributed by atoms with Crippen LogP contribution in [0.4, 0.5) is 20.8 Å². The second-order valence-electron chi connectivity index (χ2n) is 7.75. The zero-order valence-corrected chi connectivity index (χ0v) is 20.4. The molecule has 0 radical (unpaired) electrons. The van der Waals surface area contributed by atoms with Crippen molar-refractivity contribution in [1.29, 1.82) is 0 Å². The molecule has 0 bridgehead atoms. The summed E-state index contributed by atoms with van der Waals surface area (Å²) >= 11 is 1.34. The number of nitrogen functional groups attached to an aromatic ring is 1. The largest absolute Gasteiger partial charge is 0.389 e. The van der Waals surface area contributed by atoms with E-state index in [9.17, 15) is 9.36 Å². The lowest BCUT2D eigenvalue weighted by molar-refractivity contribution is 0.0999. The van der Waals surface area contributed by atoms with Crippen LogP contribution in [0.1, 0.15) is 22.8 Å². The van der Waals surface area contributed by atoms with Gasteiger partial charge in [0.1, 0.15) is 5.00 Å². The van der Waals surface area contributed by atoms with Gasteiger partial charge in [-0.1, -0.05) is 48.5 Å². The highest BCUT2D eigenvalue weighted by Crippen LogP contribution is 2.63. The molecule has 0 fully saturated rings. The number of halogens is 1. The number of thiophene rings is 1. The van der Waals surface area contributed by atoms with E-state index >= 15 is 4.39 Å². The number of carbonyl (C=O) groups is 1. The molecule has 0 aliphatic rings. The van der Waals surface area contributed by atoms with Gasteiger partial charge in [-0.25, -0.2) is 4.39 Å². The lowest BCUT2D eigenvalue weighted by Crippen LogP contribution is -2.27. The Kier molecular flexibility index (Phi) is 6.71. The molecule has 0 aliphatic heterocycles. The number of para-hydroxylation sites is 1. The van der Waals surface area contributed by atoms with Gasteiger partial charge in [-0.3, -0.25) is 14.3 Å². The summed E-state index contributed by atoms with van der Waals surface area (Å²) < 4.78 is 35.0. The van der Waals surface area contributed by atoms with Crippen LogP contribution in [0.25, 0.3) is 0 Å². The van der Waals surface area contributed by atoms with Gasteiger partial charge in [0, 0.05) is 23.7 Å². The Morgan fingerprint density at radius 2 is 1.56 bits per heavy atom. The molecule has 1 heterocycles. The van der Waals surface area contributed by atoms with Crippen LogP contribution >= 0.6 is 18.7 Å². The molecule has 4 rings (SSSR count). The highest BCUT2D eigenvalue weighted by molar-refractivity contribution is 7.67. The quantitative estimate of drug-likeness (QED) is 0.290. The maximum atomic E-state index is 16.1. The zero-order chi connectivity index (χ0) is 24.3. The average molecular weight is 495 g/mol. The molecule has 174 valence electrons. The van der Waals surface area contributed by atoms with E-state index in [2.05, 4.69) is 0 Å². The Morgan fingerprint density at radius 3 is 2.09 bits per heavy atom. The predicted octanol–water partition coefficient (Wildman–Crippen LogP) is 6.70. The minimum atomic E-state index is -3.91. The van der Waals surface area contributed by atoms with Gasteiger partial charge in [0.05, 0.1) is 5.69 Å². The first-order chi connectivity index (χ1) is 16.3. The van der Waals surface area contributed by atoms with E-state index in [1.165, 1.54) is 54.5 Å². The zero-order valence-electron chi connectivity index (χ0n) is 18.7. The maximum absolute atomic E-state index is 16.1. The molecular weight excluding hydrogens is 470 g/mol. The van der Waals surface area contributed by atoms with Crippen LogP contribution < -0.4 is 15.9 Å². The fourth-order valence-corrected chi connectivity index (χ4v) is 6.52. The summed E-state index contributed by atoms with van der Waals surface area (Å²) in [5, 5.41) is 0.304. The van der Waals surface area contributed by atoms with Crippen molar-refractivity contribution in [2.24, 2.45) is 0 Å². The van der Waals surface area contributed by atoms with E-state index in [1.807, 2.05) is 35.7 Å². The average Bonchev–Trinajstić information content (AvgIpc) is 3.30. The SMILES string of the molecule is COP(=O)(c1ccccc1)C(C)(F)c1ccc(C(=O)N(c2ccccc2)c2ccsc2N)cc1. The number of nitrogens with zero attached hydrogens (tertiary/aromatic N) is 1. The number of hydrogen-bond donors (Lipinski definition) is 1. The Labute approximate surface area is 202 Å². The van der Waals surface area contributed by atoms with Crippen molar-refractivity contribution >= 4 is 46.3 Å². The van der Waals surface area contributed by atoms with Crippen molar-refractivity contribution in [2.75, 3.05) is 17.7 Å². The number of benzene rings is 3. The number of amides is 1. The number of alkyl halides is 1. The molecule has 1 aromatic heterocycles. The van der Waals surface area contributed by atoms with Crippen LogP contribution in [0.3, 0.4) is 0 Å². The van der Waals surface area contributed by atoms with Gasteiger partial charge in [0.15, 0.2) is 0 Å². The molecular formula is C26H24FN2O3PS. The Balaban J connectivity index is 1.71. The van der Waals surface area contributed by atoms with Crippen LogP contribution in [0.2, 0.25) is 0 Å². The minimum Gasteiger partial charge on any atom is -0.389 e. The molecule has 2 unspecified atom stereocenters. The van der Waals surface area contributed by atoms with E-state index in [0.717, 1.165) is 0 Å². The summed E-state index contributed by atoms with van der Waals surface area (Å²) in [5.74, 6) is -0.318. The van der Waals surface area contributed by atoms with Crippen molar-refractivity contribution in [2.45, 2.75) is 12.3 Å². The van der Waals surface area contributed by atoms with Crippen LogP contribution in [-0.4, -0.2) is 13.0 Å². The Hall–Kier alpha value is -3.25. The molecule has 0 saturated carbocycles. The third-order valence-electron chi connectivity index (χ3n) is 5.70. The summed E-state index contributed by atoms with van der Waals surface area (Å²) in [6.45, 7) is 1.24. The van der Waals surface area contributed by atoms with Crippen molar-refractivity contribution in [3.05, 3.63) is 108 Å². The second kappa shape index (κ2) is 9.55. The van der Waals surface area contributed by atoms with E-state index in [0.29, 0.717) is 21.9 Å². The number of rotatable bonds is 7. The van der Waals surface area contributed by atoms with Gasteiger partial charge >= 0.3 is 0 Å². The third-order valence-corrected chi connectivity index (χ3v) is 9.29. The van der Waals surface area contributed by atoms with E-state index < -0.39 is 12.8 Å². The standard InChI is InChI=1S/C26H24FN2O3PS/c1-26(27,33(31,32-2)22-11-7-4-8-12-22)20-15-13-19(14-16-20)25(30)29(21-9-5-3-6-10-21)23-17-18-34-24(23)28/h3-18H,28H2,1-2H3. The van der Waals surface area contributed by atoms with Crippen LogP contribution in [-0.2, 0) is 14.5 Å². The lowest BCUT2D eigenvalue weighted by Gasteiger charge is -2.30. The highest BCUT2D eigenvalue weighted by atomic mass is 32.1. The maximum Gasteiger partial charge on any atom is 0.272 e. The Morgan fingerprint density at radius 1 is 0.971 bits per heavy atom. The molecule has 2 atom stereocenters. The molecule has 0 saturated heterocycles. The fraction of sp³-hybridized carbons (Fsp3) is 0.115. The Bertz CT molecular complexity index is 1330. The third kappa shape index (κ3) is 4.18. The minimum absolute atomic E-state index is 0.152. The molecule has 0 spiro atoms. The van der Waals surface area contributed by atoms with E-state index in [-0.39, 0.29) is 16.8 Å². The molecule has 2 N–H and O–H groups in total. The van der Waals surface area contributed by atoms with E-state index in [4.69, 9.17) is 10.3 Å². The van der Waals surface area contributed by atoms with Crippen molar-refractivity contribution in [1.82, 2.24) is 0 Å². The van der Waals surface area contributed by atoms with Gasteiger partial charge in [-0.05, 0) is 60.3 Å². The van der Waals surface area contributed by atoms with Gasteiger partial charge in [0.25, 0.3) is 13.3 Å². The second-order valence-corrected chi connectivity index (χ2v) is 11.5. The number of nitrogens with two attached hydrogens (primary N) is 1. The molecule has 34 heavy (non-hydrogen) atoms. The van der Waals surface area contributed by atoms with Crippen LogP contribution in [0.15, 0.2) is 96.4 Å². The lowest BCUT2D eigenvalue weighted by atomic mass is 10.1. The number of carbonyl (C=O) groups excluding carboxylic acids is 1. The van der Waals surface area contributed by atoms with Gasteiger partial charge in [0.2, 0.25) is 5.41 Å². The normalized spacial score (nSPS) is 14.7. The van der Waals surface area contributed by atoms with Gasteiger partial charge < -0.3 is 10.3 Å². The fourth-order valence-electron chi connectivity index (χ4n) is 3.80. The van der Waals surface area contributed by atoms with Crippen LogP contribution in [0.5, 0.6) is 0 Å². The molecule has 3 aromatic carbocycles. The van der Waals surface area contributed by atoms with Crippen molar-refractivity contribution in [3.63, 3.8) is 0 Å². The molecule has 5 nitrogen and oxygen atoms in total. The first-order valence-electron chi connectivity index (χ1n) is 10.5. The molecule has 8 heteroatoms. The van der Waals surface area contributed by atoms with Crippen molar-refractivity contribution in [3.8, 4) is 0 Å². The molecule has 0 aliphatic carbocycles. The summed E-state index contributed by atoms with van der Waals surface area (Å²) in [6.07, 6.45) is 0. The number of anilines is 3. The summed E-state index contributed by atoms with van der Waals surface area (Å²) in [7, 11) is -2.66. The molecule has 1 amide bonds. The smallest absolute Gasteiger partial charge is 0.272 e. The monoisotopic (exact) mass is 494 g/mol. The summed E-state index contributed by atoms with van der Waals surface area (Å²) in [5.41, 5.74) is 7.85. The molecule has 4 aromatic rings. The highest BCUT2D eigenvalue weighted by Gasteiger charge is 2.48. The van der Waals surface area contributed by atoms with Crippen LogP contribution in [0, 0.1) is 0 Å². The van der Waals surface area contributed by atoms with Gasteiger partial charge in [-0.15, -0.1) is 11.3 Å². The van der Waals surface area contributed by atoms with E-state index in [1.54, 1.807) is 36.4 Å². The summed E-state index contributed by atoms with van der Waals surface area (Å²) in [4.78, 5) is 15.1.